The van der Waals surface area contributed by atoms with Crippen molar-refractivity contribution in [2.24, 2.45) is 0 Å². The molecule has 3 aromatic rings. The van der Waals surface area contributed by atoms with Crippen molar-refractivity contribution >= 4 is 17.4 Å². The molecule has 1 atom stereocenters. The Morgan fingerprint density at radius 1 is 0.943 bits per heavy atom. The third kappa shape index (κ3) is 4.85. The predicted octanol–water partition coefficient (Wildman–Crippen LogP) is 6.09. The number of nitrogens with zero attached hydrogens (tertiary/aromatic N) is 1. The molecule has 0 aliphatic carbocycles. The lowest BCUT2D eigenvalue weighted by atomic mass is 9.87. The van der Waals surface area contributed by atoms with Crippen molar-refractivity contribution in [3.8, 4) is 5.75 Å². The summed E-state index contributed by atoms with van der Waals surface area (Å²) in [5, 5.41) is 11.0. The Kier molecular flexibility index (Phi) is 6.79. The lowest BCUT2D eigenvalue weighted by Gasteiger charge is -2.29. The zero-order chi connectivity index (χ0) is 25.2. The number of methoxy groups -OCH3 is 1. The second kappa shape index (κ2) is 9.79. The number of aryl methyl sites for hydroxylation is 1. The minimum atomic E-state index is -0.789. The Morgan fingerprint density at radius 2 is 1.57 bits per heavy atom. The summed E-state index contributed by atoms with van der Waals surface area (Å²) in [6, 6.07) is 23.9. The summed E-state index contributed by atoms with van der Waals surface area (Å²) in [5.41, 5.74) is 3.46. The standard InChI is InChI=1S/C30H31NO4/c1-30(2,3)21-15-17-22(18-16-21)31-27(23-12-8-9-13-25(23)35-4)26(28(33)29(31)34)24(32)19-14-20-10-6-5-7-11-20/h5-13,15-18,27,33H,14,19H2,1-4H3. The van der Waals surface area contributed by atoms with Gasteiger partial charge in [0.1, 0.15) is 5.75 Å². The normalized spacial score (nSPS) is 16.1. The molecule has 1 unspecified atom stereocenters. The van der Waals surface area contributed by atoms with Crippen LogP contribution in [0, 0.1) is 0 Å². The summed E-state index contributed by atoms with van der Waals surface area (Å²) in [4.78, 5) is 28.4. The topological polar surface area (TPSA) is 66.8 Å². The van der Waals surface area contributed by atoms with E-state index in [-0.39, 0.29) is 23.2 Å². The average Bonchev–Trinajstić information content (AvgIpc) is 3.13. The molecule has 35 heavy (non-hydrogen) atoms. The first-order chi connectivity index (χ1) is 16.7. The van der Waals surface area contributed by atoms with E-state index in [4.69, 9.17) is 4.74 Å². The van der Waals surface area contributed by atoms with Crippen molar-refractivity contribution in [2.75, 3.05) is 12.0 Å². The predicted molar refractivity (Wildman–Crippen MR) is 138 cm³/mol. The summed E-state index contributed by atoms with van der Waals surface area (Å²) in [6.07, 6.45) is 0.697. The van der Waals surface area contributed by atoms with Gasteiger partial charge in [-0.15, -0.1) is 0 Å². The molecule has 0 spiro atoms. The maximum absolute atomic E-state index is 13.5. The summed E-state index contributed by atoms with van der Waals surface area (Å²) in [7, 11) is 1.55. The zero-order valence-electron chi connectivity index (χ0n) is 20.6. The molecule has 1 aliphatic rings. The number of Topliss-reactive ketones (excluding diaryl/α,β-unsaturated/α-hetero) is 1. The van der Waals surface area contributed by atoms with Crippen LogP contribution in [0.25, 0.3) is 0 Å². The van der Waals surface area contributed by atoms with Gasteiger partial charge in [0.2, 0.25) is 0 Å². The van der Waals surface area contributed by atoms with Crippen LogP contribution in [0.15, 0.2) is 90.2 Å². The lowest BCUT2D eigenvalue weighted by molar-refractivity contribution is -0.118. The fraction of sp³-hybridized carbons (Fsp3) is 0.267. The van der Waals surface area contributed by atoms with Crippen LogP contribution >= 0.6 is 0 Å². The van der Waals surface area contributed by atoms with Crippen LogP contribution in [0.4, 0.5) is 5.69 Å². The van der Waals surface area contributed by atoms with Crippen LogP contribution < -0.4 is 9.64 Å². The van der Waals surface area contributed by atoms with Gasteiger partial charge in [0.05, 0.1) is 18.7 Å². The van der Waals surface area contributed by atoms with E-state index in [0.29, 0.717) is 23.4 Å². The van der Waals surface area contributed by atoms with E-state index in [1.807, 2.05) is 72.8 Å². The van der Waals surface area contributed by atoms with Crippen LogP contribution in [0.1, 0.15) is 49.9 Å². The fourth-order valence-corrected chi connectivity index (χ4v) is 4.50. The van der Waals surface area contributed by atoms with Crippen molar-refractivity contribution in [2.45, 2.75) is 45.1 Å². The molecule has 1 N–H and O–H groups in total. The van der Waals surface area contributed by atoms with Crippen molar-refractivity contribution < 1.29 is 19.4 Å². The third-order valence-electron chi connectivity index (χ3n) is 6.44. The highest BCUT2D eigenvalue weighted by Gasteiger charge is 2.45. The second-order valence-corrected chi connectivity index (χ2v) is 9.79. The first kappa shape index (κ1) is 24.3. The van der Waals surface area contributed by atoms with Gasteiger partial charge < -0.3 is 9.84 Å². The van der Waals surface area contributed by atoms with E-state index in [1.165, 1.54) is 4.90 Å². The first-order valence-electron chi connectivity index (χ1n) is 11.8. The van der Waals surface area contributed by atoms with Crippen LogP contribution in [0.2, 0.25) is 0 Å². The van der Waals surface area contributed by atoms with Gasteiger partial charge in [-0.1, -0.05) is 81.4 Å². The number of ether oxygens (including phenoxy) is 1. The Morgan fingerprint density at radius 3 is 2.20 bits per heavy atom. The van der Waals surface area contributed by atoms with Gasteiger partial charge in [-0.3, -0.25) is 14.5 Å². The van der Waals surface area contributed by atoms with Crippen molar-refractivity contribution in [3.05, 3.63) is 107 Å². The molecule has 1 heterocycles. The monoisotopic (exact) mass is 469 g/mol. The Labute approximate surface area is 206 Å². The van der Waals surface area contributed by atoms with E-state index in [9.17, 15) is 14.7 Å². The number of ketones is 1. The molecular formula is C30H31NO4. The van der Waals surface area contributed by atoms with Gasteiger partial charge in [-0.05, 0) is 41.2 Å². The minimum absolute atomic E-state index is 0.0471. The van der Waals surface area contributed by atoms with Crippen molar-refractivity contribution in [3.63, 3.8) is 0 Å². The lowest BCUT2D eigenvalue weighted by Crippen LogP contribution is -2.31. The maximum atomic E-state index is 13.5. The van der Waals surface area contributed by atoms with E-state index in [1.54, 1.807) is 13.2 Å². The number of aliphatic hydroxyl groups excluding tert-OH is 1. The second-order valence-electron chi connectivity index (χ2n) is 9.79. The van der Waals surface area contributed by atoms with Crippen molar-refractivity contribution in [1.29, 1.82) is 0 Å². The van der Waals surface area contributed by atoms with Crippen LogP contribution in [-0.2, 0) is 21.4 Å². The molecule has 0 radical (unpaired) electrons. The summed E-state index contributed by atoms with van der Waals surface area (Å²) in [6.45, 7) is 6.37. The highest BCUT2D eigenvalue weighted by molar-refractivity contribution is 6.16. The SMILES string of the molecule is COc1ccccc1C1C(C(=O)CCc2ccccc2)=C(O)C(=O)N1c1ccc(C(C)(C)C)cc1. The number of carbonyl (C=O) groups is 2. The van der Waals surface area contributed by atoms with E-state index >= 15 is 0 Å². The van der Waals surface area contributed by atoms with E-state index < -0.39 is 17.7 Å². The van der Waals surface area contributed by atoms with Crippen LogP contribution in [0.3, 0.4) is 0 Å². The van der Waals surface area contributed by atoms with Crippen molar-refractivity contribution in [1.82, 2.24) is 0 Å². The molecule has 1 aliphatic heterocycles. The number of rotatable bonds is 7. The number of para-hydroxylation sites is 1. The summed E-state index contributed by atoms with van der Waals surface area (Å²) in [5.74, 6) is -0.805. The molecule has 5 nitrogen and oxygen atoms in total. The molecule has 3 aromatic carbocycles. The van der Waals surface area contributed by atoms with Gasteiger partial charge in [0.15, 0.2) is 11.5 Å². The molecule has 1 amide bonds. The third-order valence-corrected chi connectivity index (χ3v) is 6.44. The molecule has 0 aromatic heterocycles. The molecule has 0 fully saturated rings. The highest BCUT2D eigenvalue weighted by atomic mass is 16.5. The largest absolute Gasteiger partial charge is 0.503 e. The molecule has 180 valence electrons. The number of anilines is 1. The number of amides is 1. The van der Waals surface area contributed by atoms with Crippen LogP contribution in [0.5, 0.6) is 5.75 Å². The van der Waals surface area contributed by atoms with Gasteiger partial charge in [-0.2, -0.15) is 0 Å². The molecule has 5 heteroatoms. The minimum Gasteiger partial charge on any atom is -0.503 e. The van der Waals surface area contributed by atoms with Gasteiger partial charge >= 0.3 is 0 Å². The summed E-state index contributed by atoms with van der Waals surface area (Å²) < 4.78 is 5.58. The molecular weight excluding hydrogens is 438 g/mol. The molecule has 0 saturated carbocycles. The first-order valence-corrected chi connectivity index (χ1v) is 11.8. The van der Waals surface area contributed by atoms with Gasteiger partial charge in [0, 0.05) is 17.7 Å². The average molecular weight is 470 g/mol. The molecule has 0 saturated heterocycles. The fourth-order valence-electron chi connectivity index (χ4n) is 4.50. The number of aliphatic hydroxyl groups is 1. The quantitative estimate of drug-likeness (QED) is 0.454. The number of hydrogen-bond acceptors (Lipinski definition) is 4. The maximum Gasteiger partial charge on any atom is 0.294 e. The van der Waals surface area contributed by atoms with Crippen LogP contribution in [-0.4, -0.2) is 23.9 Å². The Bertz CT molecular complexity index is 1250. The smallest absolute Gasteiger partial charge is 0.294 e. The van der Waals surface area contributed by atoms with Gasteiger partial charge in [-0.25, -0.2) is 0 Å². The number of carbonyl (C=O) groups excluding carboxylic acids is 2. The Hall–Kier alpha value is -3.86. The van der Waals surface area contributed by atoms with Gasteiger partial charge in [0.25, 0.3) is 5.91 Å². The molecule has 0 bridgehead atoms. The highest BCUT2D eigenvalue weighted by Crippen LogP contribution is 2.44. The Balaban J connectivity index is 1.76. The van der Waals surface area contributed by atoms with E-state index in [0.717, 1.165) is 11.1 Å². The number of hydrogen-bond donors (Lipinski definition) is 1. The van der Waals surface area contributed by atoms with E-state index in [2.05, 4.69) is 20.8 Å². The zero-order valence-corrected chi connectivity index (χ0v) is 20.6. The molecule has 4 rings (SSSR count). The summed E-state index contributed by atoms with van der Waals surface area (Å²) >= 11 is 0. The number of benzene rings is 3.